The molecule has 0 aromatic carbocycles. The third kappa shape index (κ3) is 7.21. The Morgan fingerprint density at radius 3 is 1.68 bits per heavy atom. The summed E-state index contributed by atoms with van der Waals surface area (Å²) in [5.74, 6) is 0. The van der Waals surface area contributed by atoms with Crippen molar-refractivity contribution in [1.29, 1.82) is 0 Å². The summed E-state index contributed by atoms with van der Waals surface area (Å²) < 4.78 is 0. The first-order valence-electron chi connectivity index (χ1n) is 7.19. The Labute approximate surface area is 130 Å². The first-order chi connectivity index (χ1) is 10.4. The van der Waals surface area contributed by atoms with Gasteiger partial charge < -0.3 is 20.4 Å². The van der Waals surface area contributed by atoms with Crippen molar-refractivity contribution < 1.29 is 20.4 Å². The molecule has 0 spiro atoms. The summed E-state index contributed by atoms with van der Waals surface area (Å²) >= 11 is 0. The van der Waals surface area contributed by atoms with Gasteiger partial charge in [0.1, 0.15) is 0 Å². The molecule has 1 aromatic rings. The molecule has 8 nitrogen and oxygen atoms in total. The van der Waals surface area contributed by atoms with Crippen LogP contribution >= 0.6 is 0 Å². The van der Waals surface area contributed by atoms with Gasteiger partial charge in [0.2, 0.25) is 0 Å². The molecule has 0 amide bonds. The van der Waals surface area contributed by atoms with Crippen LogP contribution in [0, 0.1) is 0 Å². The van der Waals surface area contributed by atoms with E-state index >= 15 is 0 Å². The Morgan fingerprint density at radius 1 is 0.909 bits per heavy atom. The molecule has 0 saturated carbocycles. The molecule has 2 unspecified atom stereocenters. The summed E-state index contributed by atoms with van der Waals surface area (Å²) in [5.41, 5.74) is 1.53. The number of nitrogens with zero attached hydrogens (tertiary/aromatic N) is 4. The van der Waals surface area contributed by atoms with Crippen LogP contribution in [0.5, 0.6) is 0 Å². The van der Waals surface area contributed by atoms with Crippen LogP contribution in [0.3, 0.4) is 0 Å². The maximum atomic E-state index is 9.41. The fourth-order valence-electron chi connectivity index (χ4n) is 2.12. The van der Waals surface area contributed by atoms with E-state index in [4.69, 9.17) is 10.2 Å². The summed E-state index contributed by atoms with van der Waals surface area (Å²) in [6.45, 7) is 1.19. The quantitative estimate of drug-likeness (QED) is 0.394. The fraction of sp³-hybridized carbons (Fsp3) is 0.714. The molecule has 0 aliphatic heterocycles. The van der Waals surface area contributed by atoms with E-state index in [-0.39, 0.29) is 13.2 Å². The minimum Gasteiger partial charge on any atom is -0.394 e. The highest BCUT2D eigenvalue weighted by atomic mass is 16.3. The van der Waals surface area contributed by atoms with Crippen molar-refractivity contribution in [3.05, 3.63) is 23.8 Å². The van der Waals surface area contributed by atoms with Crippen molar-refractivity contribution in [2.75, 3.05) is 40.4 Å². The van der Waals surface area contributed by atoms with Crippen molar-refractivity contribution in [1.82, 2.24) is 19.8 Å². The average molecular weight is 314 g/mol. The van der Waals surface area contributed by atoms with Crippen molar-refractivity contribution in [2.45, 2.75) is 25.3 Å². The summed E-state index contributed by atoms with van der Waals surface area (Å²) in [7, 11) is 3.66. The Kier molecular flexibility index (Phi) is 8.39. The maximum Gasteiger partial charge on any atom is 0.0897 e. The fourth-order valence-corrected chi connectivity index (χ4v) is 2.12. The van der Waals surface area contributed by atoms with Gasteiger partial charge in [0.25, 0.3) is 0 Å². The molecular weight excluding hydrogens is 288 g/mol. The van der Waals surface area contributed by atoms with E-state index in [0.717, 1.165) is 11.4 Å². The Hall–Kier alpha value is -1.16. The normalized spacial score (nSPS) is 14.5. The summed E-state index contributed by atoms with van der Waals surface area (Å²) in [6, 6.07) is 0. The lowest BCUT2D eigenvalue weighted by molar-refractivity contribution is 0.0637. The van der Waals surface area contributed by atoms with Crippen molar-refractivity contribution in [3.63, 3.8) is 0 Å². The lowest BCUT2D eigenvalue weighted by Crippen LogP contribution is -2.32. The molecule has 4 N–H and O–H groups in total. The van der Waals surface area contributed by atoms with Gasteiger partial charge in [-0.25, -0.2) is 0 Å². The largest absolute Gasteiger partial charge is 0.394 e. The Morgan fingerprint density at radius 2 is 1.32 bits per heavy atom. The van der Waals surface area contributed by atoms with Gasteiger partial charge in [-0.05, 0) is 14.1 Å². The zero-order valence-electron chi connectivity index (χ0n) is 13.1. The standard InChI is InChI=1S/C14H26N4O4/c1-17(7-13(21)9-19)5-11-3-15-4-12(16-11)6-18(2)8-14(22)10-20/h3-4,13-14,19-22H,5-10H2,1-2H3. The second-order valence-corrected chi connectivity index (χ2v) is 5.57. The van der Waals surface area contributed by atoms with Crippen LogP contribution < -0.4 is 0 Å². The number of aliphatic hydroxyl groups is 4. The molecule has 1 heterocycles. The van der Waals surface area contributed by atoms with Crippen LogP contribution in [-0.4, -0.2) is 92.8 Å². The van der Waals surface area contributed by atoms with Gasteiger partial charge in [-0.3, -0.25) is 19.8 Å². The molecule has 126 valence electrons. The zero-order chi connectivity index (χ0) is 16.5. The van der Waals surface area contributed by atoms with Gasteiger partial charge >= 0.3 is 0 Å². The minimum absolute atomic E-state index is 0.270. The van der Waals surface area contributed by atoms with Gasteiger partial charge in [0, 0.05) is 38.6 Å². The maximum absolute atomic E-state index is 9.41. The zero-order valence-corrected chi connectivity index (χ0v) is 13.1. The van der Waals surface area contributed by atoms with Crippen LogP contribution in [0.2, 0.25) is 0 Å². The van der Waals surface area contributed by atoms with Gasteiger partial charge in [-0.1, -0.05) is 0 Å². The number of aromatic nitrogens is 2. The molecule has 0 radical (unpaired) electrons. The van der Waals surface area contributed by atoms with Crippen molar-refractivity contribution in [2.24, 2.45) is 0 Å². The second-order valence-electron chi connectivity index (χ2n) is 5.57. The van der Waals surface area contributed by atoms with Gasteiger partial charge in [-0.2, -0.15) is 0 Å². The lowest BCUT2D eigenvalue weighted by atomic mass is 10.3. The summed E-state index contributed by atoms with van der Waals surface area (Å²) in [4.78, 5) is 12.3. The number of hydrogen-bond acceptors (Lipinski definition) is 8. The second kappa shape index (κ2) is 9.78. The average Bonchev–Trinajstić information content (AvgIpc) is 2.46. The highest BCUT2D eigenvalue weighted by Crippen LogP contribution is 2.04. The van der Waals surface area contributed by atoms with Crippen LogP contribution in [0.15, 0.2) is 12.4 Å². The number of likely N-dealkylation sites (N-methyl/N-ethyl adjacent to an activating group) is 2. The van der Waals surface area contributed by atoms with E-state index in [0.29, 0.717) is 26.2 Å². The Bertz CT molecular complexity index is 400. The summed E-state index contributed by atoms with van der Waals surface area (Å²) in [5, 5.41) is 36.5. The van der Waals surface area contributed by atoms with E-state index in [1.54, 1.807) is 12.4 Å². The third-order valence-electron chi connectivity index (χ3n) is 3.06. The van der Waals surface area contributed by atoms with E-state index in [9.17, 15) is 10.2 Å². The number of aliphatic hydroxyl groups excluding tert-OH is 4. The van der Waals surface area contributed by atoms with Crippen LogP contribution in [0.25, 0.3) is 0 Å². The Balaban J connectivity index is 2.54. The molecular formula is C14H26N4O4. The van der Waals surface area contributed by atoms with Gasteiger partial charge in [0.15, 0.2) is 0 Å². The molecule has 2 atom stereocenters. The molecule has 1 rings (SSSR count). The van der Waals surface area contributed by atoms with Gasteiger partial charge in [-0.15, -0.1) is 0 Å². The molecule has 0 saturated heterocycles. The molecule has 8 heteroatoms. The molecule has 22 heavy (non-hydrogen) atoms. The van der Waals surface area contributed by atoms with Crippen LogP contribution in [0.4, 0.5) is 0 Å². The van der Waals surface area contributed by atoms with Crippen molar-refractivity contribution >= 4 is 0 Å². The SMILES string of the molecule is CN(Cc1cncc(CN(C)CC(O)CO)n1)CC(O)CO. The number of rotatable bonds is 10. The van der Waals surface area contributed by atoms with Crippen molar-refractivity contribution in [3.8, 4) is 0 Å². The van der Waals surface area contributed by atoms with Crippen LogP contribution in [-0.2, 0) is 13.1 Å². The highest BCUT2D eigenvalue weighted by molar-refractivity contribution is 5.03. The topological polar surface area (TPSA) is 113 Å². The lowest BCUT2D eigenvalue weighted by Gasteiger charge is -2.20. The van der Waals surface area contributed by atoms with Gasteiger partial charge in [0.05, 0.1) is 36.8 Å². The van der Waals surface area contributed by atoms with E-state index < -0.39 is 12.2 Å². The van der Waals surface area contributed by atoms with E-state index in [1.165, 1.54) is 0 Å². The first-order valence-corrected chi connectivity index (χ1v) is 7.19. The predicted octanol–water partition coefficient (Wildman–Crippen LogP) is -1.95. The molecule has 0 aliphatic carbocycles. The van der Waals surface area contributed by atoms with Crippen LogP contribution in [0.1, 0.15) is 11.4 Å². The molecule has 0 bridgehead atoms. The highest BCUT2D eigenvalue weighted by Gasteiger charge is 2.11. The van der Waals surface area contributed by atoms with E-state index in [1.807, 2.05) is 23.9 Å². The molecule has 0 aliphatic rings. The minimum atomic E-state index is -0.771. The van der Waals surface area contributed by atoms with E-state index in [2.05, 4.69) is 9.97 Å². The molecule has 1 aromatic heterocycles. The molecule has 0 fully saturated rings. The number of hydrogen-bond donors (Lipinski definition) is 4. The third-order valence-corrected chi connectivity index (χ3v) is 3.06. The smallest absolute Gasteiger partial charge is 0.0897 e. The monoisotopic (exact) mass is 314 g/mol. The first kappa shape index (κ1) is 18.9. The predicted molar refractivity (Wildman–Crippen MR) is 80.9 cm³/mol. The summed E-state index contributed by atoms with van der Waals surface area (Å²) in [6.07, 6.45) is 1.78.